The maximum atomic E-state index is 12.0. The zero-order valence-electron chi connectivity index (χ0n) is 16.8. The van der Waals surface area contributed by atoms with Gasteiger partial charge in [0, 0.05) is 31.0 Å². The van der Waals surface area contributed by atoms with Crippen molar-refractivity contribution in [2.24, 2.45) is 5.92 Å². The number of piperidine rings is 1. The smallest absolute Gasteiger partial charge is 0.241 e. The number of carbonyl (C=O) groups is 1. The first-order valence-corrected chi connectivity index (χ1v) is 10.2. The van der Waals surface area contributed by atoms with Crippen LogP contribution >= 0.6 is 0 Å². The summed E-state index contributed by atoms with van der Waals surface area (Å²) in [5.41, 5.74) is 2.37. The molecule has 0 atom stereocenters. The van der Waals surface area contributed by atoms with E-state index in [4.69, 9.17) is 9.47 Å². The van der Waals surface area contributed by atoms with Gasteiger partial charge in [-0.05, 0) is 55.6 Å². The normalized spacial score (nSPS) is 17.2. The van der Waals surface area contributed by atoms with Crippen molar-refractivity contribution in [2.45, 2.75) is 19.4 Å². The van der Waals surface area contributed by atoms with E-state index in [0.717, 1.165) is 56.1 Å². The van der Waals surface area contributed by atoms with Gasteiger partial charge in [-0.15, -0.1) is 0 Å². The Labute approximate surface area is 171 Å². The van der Waals surface area contributed by atoms with Crippen molar-refractivity contribution in [3.05, 3.63) is 47.8 Å². The van der Waals surface area contributed by atoms with Crippen molar-refractivity contribution in [3.63, 3.8) is 0 Å². The van der Waals surface area contributed by atoms with Crippen LogP contribution in [0.4, 0.5) is 0 Å². The lowest BCUT2D eigenvalue weighted by Crippen LogP contribution is -2.40. The summed E-state index contributed by atoms with van der Waals surface area (Å²) in [5.74, 6) is 2.18. The molecule has 2 aliphatic rings. The number of amides is 1. The molecule has 2 aliphatic heterocycles. The fraction of sp³-hybridized carbons (Fsp3) is 0.455. The van der Waals surface area contributed by atoms with Gasteiger partial charge in [0.15, 0.2) is 11.5 Å². The molecule has 0 aliphatic carbocycles. The van der Waals surface area contributed by atoms with Crippen molar-refractivity contribution in [2.75, 3.05) is 39.9 Å². The number of nitrogens with zero attached hydrogens (tertiary/aromatic N) is 3. The number of rotatable bonds is 7. The molecule has 1 fully saturated rings. The number of nitrogens with one attached hydrogen (secondary N) is 1. The van der Waals surface area contributed by atoms with E-state index in [2.05, 4.69) is 27.5 Å². The Bertz CT molecular complexity index is 855. The van der Waals surface area contributed by atoms with Crippen molar-refractivity contribution in [1.29, 1.82) is 0 Å². The second kappa shape index (κ2) is 9.13. The third kappa shape index (κ3) is 4.98. The van der Waals surface area contributed by atoms with Gasteiger partial charge in [0.25, 0.3) is 0 Å². The van der Waals surface area contributed by atoms with Crippen molar-refractivity contribution in [3.8, 4) is 11.5 Å². The molecular weight excluding hydrogens is 368 g/mol. The van der Waals surface area contributed by atoms with Gasteiger partial charge in [-0.3, -0.25) is 14.4 Å². The van der Waals surface area contributed by atoms with Crippen LogP contribution in [0, 0.1) is 5.92 Å². The zero-order valence-corrected chi connectivity index (χ0v) is 16.8. The highest BCUT2D eigenvalue weighted by Crippen LogP contribution is 2.35. The van der Waals surface area contributed by atoms with Crippen molar-refractivity contribution >= 4 is 12.0 Å². The maximum absolute atomic E-state index is 12.0. The largest absolute Gasteiger partial charge is 0.493 e. The van der Waals surface area contributed by atoms with Gasteiger partial charge >= 0.3 is 0 Å². The molecule has 2 aromatic rings. The van der Waals surface area contributed by atoms with E-state index < -0.39 is 0 Å². The highest BCUT2D eigenvalue weighted by molar-refractivity contribution is 5.75. The van der Waals surface area contributed by atoms with E-state index in [1.54, 1.807) is 24.2 Å². The molecule has 0 unspecified atom stereocenters. The lowest BCUT2D eigenvalue weighted by molar-refractivity contribution is -0.122. The number of ether oxygens (including phenoxy) is 2. The molecule has 1 amide bonds. The lowest BCUT2D eigenvalue weighted by atomic mass is 9.96. The topological polar surface area (TPSA) is 68.6 Å². The summed E-state index contributed by atoms with van der Waals surface area (Å²) in [4.78, 5) is 14.5. The number of benzene rings is 1. The monoisotopic (exact) mass is 396 g/mol. The minimum atomic E-state index is 0.0229. The molecule has 1 saturated heterocycles. The standard InChI is InChI=1S/C22H28N4O3/c1-28-20-5-2-4-19-12-18(16-29-22(19)20)14-25-10-6-17(7-11-25)13-23-21(27)15-26-9-3-8-24-26/h2-5,8-9,12,17H,6-7,10-11,13-16H2,1H3,(H,23,27). The summed E-state index contributed by atoms with van der Waals surface area (Å²) in [6, 6.07) is 7.81. The number of fused-ring (bicyclic) bond motifs is 1. The third-order valence-electron chi connectivity index (χ3n) is 5.58. The molecule has 7 heteroatoms. The number of aromatic nitrogens is 2. The number of likely N-dealkylation sites (tertiary alicyclic amines) is 1. The van der Waals surface area contributed by atoms with Gasteiger partial charge in [0.05, 0.1) is 7.11 Å². The summed E-state index contributed by atoms with van der Waals surface area (Å²) in [6.45, 7) is 4.65. The SMILES string of the molecule is COc1cccc2c1OCC(CN1CCC(CNC(=O)Cn3cccn3)CC1)=C2. The van der Waals surface area contributed by atoms with E-state index in [1.165, 1.54) is 5.57 Å². The Balaban J connectivity index is 1.22. The average molecular weight is 396 g/mol. The number of para-hydroxylation sites is 1. The van der Waals surface area contributed by atoms with Gasteiger partial charge in [-0.25, -0.2) is 0 Å². The highest BCUT2D eigenvalue weighted by Gasteiger charge is 2.22. The Morgan fingerprint density at radius 2 is 2.17 bits per heavy atom. The molecule has 1 aromatic carbocycles. The summed E-state index contributed by atoms with van der Waals surface area (Å²) in [5, 5.41) is 7.11. The Morgan fingerprint density at radius 3 is 2.93 bits per heavy atom. The van der Waals surface area contributed by atoms with Crippen LogP contribution in [0.1, 0.15) is 18.4 Å². The fourth-order valence-electron chi connectivity index (χ4n) is 3.97. The van der Waals surface area contributed by atoms with Gasteiger partial charge in [0.2, 0.25) is 5.91 Å². The predicted molar refractivity (Wildman–Crippen MR) is 111 cm³/mol. The molecule has 29 heavy (non-hydrogen) atoms. The molecule has 1 aromatic heterocycles. The Morgan fingerprint density at radius 1 is 1.31 bits per heavy atom. The minimum absolute atomic E-state index is 0.0229. The predicted octanol–water partition coefficient (Wildman–Crippen LogP) is 2.20. The second-order valence-electron chi connectivity index (χ2n) is 7.70. The van der Waals surface area contributed by atoms with Crippen LogP contribution < -0.4 is 14.8 Å². The van der Waals surface area contributed by atoms with Gasteiger partial charge in [-0.1, -0.05) is 12.1 Å². The van der Waals surface area contributed by atoms with Crippen LogP contribution in [-0.2, 0) is 11.3 Å². The fourth-order valence-corrected chi connectivity index (χ4v) is 3.97. The second-order valence-corrected chi connectivity index (χ2v) is 7.70. The molecule has 1 N–H and O–H groups in total. The first-order chi connectivity index (χ1) is 14.2. The zero-order chi connectivity index (χ0) is 20.1. The van der Waals surface area contributed by atoms with Crippen LogP contribution in [0.15, 0.2) is 42.2 Å². The third-order valence-corrected chi connectivity index (χ3v) is 5.58. The summed E-state index contributed by atoms with van der Waals surface area (Å²) in [6.07, 6.45) is 7.91. The average Bonchev–Trinajstić information content (AvgIpc) is 3.25. The maximum Gasteiger partial charge on any atom is 0.241 e. The number of carbonyl (C=O) groups excluding carboxylic acids is 1. The van der Waals surface area contributed by atoms with Crippen LogP contribution in [0.2, 0.25) is 0 Å². The van der Waals surface area contributed by atoms with Gasteiger partial charge in [0.1, 0.15) is 13.2 Å². The molecule has 4 rings (SSSR count). The van der Waals surface area contributed by atoms with E-state index in [1.807, 2.05) is 18.2 Å². The first-order valence-electron chi connectivity index (χ1n) is 10.2. The first kappa shape index (κ1) is 19.5. The Kier molecular flexibility index (Phi) is 6.14. The number of hydrogen-bond acceptors (Lipinski definition) is 5. The summed E-state index contributed by atoms with van der Waals surface area (Å²) in [7, 11) is 1.67. The minimum Gasteiger partial charge on any atom is -0.493 e. The molecule has 0 radical (unpaired) electrons. The molecular formula is C22H28N4O3. The molecule has 0 bridgehead atoms. The molecule has 7 nitrogen and oxygen atoms in total. The number of methoxy groups -OCH3 is 1. The van der Waals surface area contributed by atoms with Crippen molar-refractivity contribution < 1.29 is 14.3 Å². The summed E-state index contributed by atoms with van der Waals surface area (Å²) < 4.78 is 13.0. The quantitative estimate of drug-likeness (QED) is 0.777. The molecule has 0 saturated carbocycles. The van der Waals surface area contributed by atoms with Crippen molar-refractivity contribution in [1.82, 2.24) is 20.0 Å². The van der Waals surface area contributed by atoms with Crippen LogP contribution in [0.25, 0.3) is 6.08 Å². The van der Waals surface area contributed by atoms with Gasteiger partial charge < -0.3 is 14.8 Å². The molecule has 0 spiro atoms. The van der Waals surface area contributed by atoms with E-state index in [-0.39, 0.29) is 12.5 Å². The van der Waals surface area contributed by atoms with Crippen LogP contribution in [0.3, 0.4) is 0 Å². The van der Waals surface area contributed by atoms with Crippen LogP contribution in [-0.4, -0.2) is 60.5 Å². The van der Waals surface area contributed by atoms with E-state index in [9.17, 15) is 4.79 Å². The summed E-state index contributed by atoms with van der Waals surface area (Å²) >= 11 is 0. The lowest BCUT2D eigenvalue weighted by Gasteiger charge is -2.33. The Hall–Kier alpha value is -2.80. The molecule has 154 valence electrons. The molecule has 3 heterocycles. The van der Waals surface area contributed by atoms with E-state index >= 15 is 0 Å². The van der Waals surface area contributed by atoms with Gasteiger partial charge in [-0.2, -0.15) is 5.10 Å². The number of hydrogen-bond donors (Lipinski definition) is 1. The highest BCUT2D eigenvalue weighted by atomic mass is 16.5. The van der Waals surface area contributed by atoms with Crippen LogP contribution in [0.5, 0.6) is 11.5 Å². The van der Waals surface area contributed by atoms with E-state index in [0.29, 0.717) is 12.5 Å².